The number of methoxy groups -OCH3 is 1. The number of primary amides is 1. The molecule has 0 saturated carbocycles. The summed E-state index contributed by atoms with van der Waals surface area (Å²) in [5.74, 6) is 0.650. The molecule has 6 heteroatoms. The number of rotatable bonds is 6. The van der Waals surface area contributed by atoms with Crippen LogP contribution in [0.3, 0.4) is 0 Å². The van der Waals surface area contributed by atoms with E-state index in [1.165, 1.54) is 0 Å². The third-order valence-electron chi connectivity index (χ3n) is 3.79. The van der Waals surface area contributed by atoms with E-state index in [9.17, 15) is 4.79 Å². The number of hydrogen-bond acceptors (Lipinski definition) is 4. The standard InChI is InChI=1S/C15H22BrN3O2/c1-21-14-3-2-12(16)8-11(14)9-18-13-4-6-19(7-5-13)10-15(17)20/h2-3,8,13,18H,4-7,9-10H2,1H3,(H2,17,20). The van der Waals surface area contributed by atoms with Crippen LogP contribution in [0.1, 0.15) is 18.4 Å². The Hall–Kier alpha value is -1.11. The number of hydrogen-bond donors (Lipinski definition) is 2. The topological polar surface area (TPSA) is 67.6 Å². The average molecular weight is 356 g/mol. The molecule has 0 radical (unpaired) electrons. The Balaban J connectivity index is 1.82. The summed E-state index contributed by atoms with van der Waals surface area (Å²) in [6.07, 6.45) is 2.06. The van der Waals surface area contributed by atoms with Crippen molar-refractivity contribution in [1.29, 1.82) is 0 Å². The molecule has 1 aromatic rings. The summed E-state index contributed by atoms with van der Waals surface area (Å²) in [5.41, 5.74) is 6.37. The van der Waals surface area contributed by atoms with Gasteiger partial charge in [-0.2, -0.15) is 0 Å². The van der Waals surface area contributed by atoms with Gasteiger partial charge in [0.1, 0.15) is 5.75 Å². The van der Waals surface area contributed by atoms with Crippen LogP contribution in [0.25, 0.3) is 0 Å². The van der Waals surface area contributed by atoms with Crippen molar-refractivity contribution in [1.82, 2.24) is 10.2 Å². The first kappa shape index (κ1) is 16.3. The van der Waals surface area contributed by atoms with Crippen molar-refractivity contribution in [2.75, 3.05) is 26.7 Å². The molecule has 0 aliphatic carbocycles. The minimum absolute atomic E-state index is 0.250. The largest absolute Gasteiger partial charge is 0.496 e. The molecule has 0 unspecified atom stereocenters. The smallest absolute Gasteiger partial charge is 0.231 e. The molecule has 1 amide bonds. The average Bonchev–Trinajstić information content (AvgIpc) is 2.46. The molecular weight excluding hydrogens is 334 g/mol. The molecule has 2 rings (SSSR count). The lowest BCUT2D eigenvalue weighted by Gasteiger charge is -2.31. The van der Waals surface area contributed by atoms with E-state index >= 15 is 0 Å². The number of ether oxygens (including phenoxy) is 1. The van der Waals surface area contributed by atoms with Gasteiger partial charge in [0.15, 0.2) is 0 Å². The molecule has 1 fully saturated rings. The lowest BCUT2D eigenvalue weighted by Crippen LogP contribution is -2.45. The van der Waals surface area contributed by atoms with Crippen LogP contribution in [0.2, 0.25) is 0 Å². The lowest BCUT2D eigenvalue weighted by molar-refractivity contribution is -0.119. The third-order valence-corrected chi connectivity index (χ3v) is 4.28. The van der Waals surface area contributed by atoms with E-state index in [4.69, 9.17) is 10.5 Å². The van der Waals surface area contributed by atoms with E-state index in [1.54, 1.807) is 7.11 Å². The number of nitrogens with one attached hydrogen (secondary N) is 1. The normalized spacial score (nSPS) is 16.9. The molecule has 1 heterocycles. The van der Waals surface area contributed by atoms with Gasteiger partial charge in [-0.3, -0.25) is 9.69 Å². The van der Waals surface area contributed by atoms with Crippen molar-refractivity contribution >= 4 is 21.8 Å². The lowest BCUT2D eigenvalue weighted by atomic mass is 10.0. The Labute approximate surface area is 134 Å². The molecule has 1 saturated heterocycles. The van der Waals surface area contributed by atoms with Crippen LogP contribution in [0.5, 0.6) is 5.75 Å². The maximum absolute atomic E-state index is 10.9. The van der Waals surface area contributed by atoms with Crippen molar-refractivity contribution < 1.29 is 9.53 Å². The van der Waals surface area contributed by atoms with Crippen molar-refractivity contribution in [2.45, 2.75) is 25.4 Å². The Bertz CT molecular complexity index is 488. The predicted octanol–water partition coefficient (Wildman–Crippen LogP) is 1.50. The number of nitrogens with zero attached hydrogens (tertiary/aromatic N) is 1. The van der Waals surface area contributed by atoms with E-state index in [1.807, 2.05) is 12.1 Å². The SMILES string of the molecule is COc1ccc(Br)cc1CNC1CCN(CC(N)=O)CC1. The summed E-state index contributed by atoms with van der Waals surface area (Å²) < 4.78 is 6.43. The molecular formula is C15H22BrN3O2. The number of halogens is 1. The van der Waals surface area contributed by atoms with Gasteiger partial charge in [0.2, 0.25) is 5.91 Å². The fraction of sp³-hybridized carbons (Fsp3) is 0.533. The summed E-state index contributed by atoms with van der Waals surface area (Å²) >= 11 is 3.49. The van der Waals surface area contributed by atoms with Gasteiger partial charge in [-0.05, 0) is 31.0 Å². The summed E-state index contributed by atoms with van der Waals surface area (Å²) in [6.45, 7) is 2.97. The Kier molecular flexibility index (Phi) is 6.02. The molecule has 116 valence electrons. The first-order valence-electron chi connectivity index (χ1n) is 7.15. The van der Waals surface area contributed by atoms with Gasteiger partial charge in [0.25, 0.3) is 0 Å². The van der Waals surface area contributed by atoms with Crippen molar-refractivity contribution in [2.24, 2.45) is 5.73 Å². The molecule has 5 nitrogen and oxygen atoms in total. The summed E-state index contributed by atoms with van der Waals surface area (Å²) in [5, 5.41) is 3.57. The minimum Gasteiger partial charge on any atom is -0.496 e. The van der Waals surface area contributed by atoms with Gasteiger partial charge in [-0.1, -0.05) is 15.9 Å². The molecule has 1 aliphatic heterocycles. The van der Waals surface area contributed by atoms with Crippen LogP contribution >= 0.6 is 15.9 Å². The third kappa shape index (κ3) is 4.98. The first-order valence-corrected chi connectivity index (χ1v) is 7.94. The van der Waals surface area contributed by atoms with Crippen LogP contribution in [0.15, 0.2) is 22.7 Å². The van der Waals surface area contributed by atoms with Crippen molar-refractivity contribution in [3.05, 3.63) is 28.2 Å². The van der Waals surface area contributed by atoms with Gasteiger partial charge in [-0.15, -0.1) is 0 Å². The van der Waals surface area contributed by atoms with Crippen LogP contribution in [0.4, 0.5) is 0 Å². The predicted molar refractivity (Wildman–Crippen MR) is 86.2 cm³/mol. The van der Waals surface area contributed by atoms with Gasteiger partial charge in [-0.25, -0.2) is 0 Å². The molecule has 0 spiro atoms. The fourth-order valence-electron chi connectivity index (χ4n) is 2.66. The van der Waals surface area contributed by atoms with Gasteiger partial charge >= 0.3 is 0 Å². The zero-order chi connectivity index (χ0) is 15.2. The number of likely N-dealkylation sites (tertiary alicyclic amines) is 1. The van der Waals surface area contributed by atoms with Crippen molar-refractivity contribution in [3.63, 3.8) is 0 Å². The molecule has 1 aliphatic rings. The van der Waals surface area contributed by atoms with Crippen LogP contribution in [-0.4, -0.2) is 43.6 Å². The number of benzene rings is 1. The van der Waals surface area contributed by atoms with Crippen LogP contribution in [0, 0.1) is 0 Å². The highest BCUT2D eigenvalue weighted by Crippen LogP contribution is 2.23. The van der Waals surface area contributed by atoms with E-state index < -0.39 is 0 Å². The number of amides is 1. The molecule has 1 aromatic carbocycles. The van der Waals surface area contributed by atoms with E-state index in [0.29, 0.717) is 12.6 Å². The highest BCUT2D eigenvalue weighted by Gasteiger charge is 2.20. The molecule has 0 atom stereocenters. The van der Waals surface area contributed by atoms with Crippen molar-refractivity contribution in [3.8, 4) is 5.75 Å². The Morgan fingerprint density at radius 3 is 2.81 bits per heavy atom. The highest BCUT2D eigenvalue weighted by molar-refractivity contribution is 9.10. The molecule has 3 N–H and O–H groups in total. The summed E-state index contributed by atoms with van der Waals surface area (Å²) in [7, 11) is 1.69. The summed E-state index contributed by atoms with van der Waals surface area (Å²) in [6, 6.07) is 6.49. The molecule has 0 aromatic heterocycles. The second-order valence-corrected chi connectivity index (χ2v) is 6.27. The monoisotopic (exact) mass is 355 g/mol. The zero-order valence-corrected chi connectivity index (χ0v) is 13.9. The van der Waals surface area contributed by atoms with Crippen LogP contribution < -0.4 is 15.8 Å². The Morgan fingerprint density at radius 1 is 1.48 bits per heavy atom. The van der Waals surface area contributed by atoms with E-state index in [-0.39, 0.29) is 5.91 Å². The van der Waals surface area contributed by atoms with E-state index in [2.05, 4.69) is 32.2 Å². The Morgan fingerprint density at radius 2 is 2.19 bits per heavy atom. The molecule has 21 heavy (non-hydrogen) atoms. The van der Waals surface area contributed by atoms with Crippen LogP contribution in [-0.2, 0) is 11.3 Å². The highest BCUT2D eigenvalue weighted by atomic mass is 79.9. The number of carbonyl (C=O) groups excluding carboxylic acids is 1. The maximum Gasteiger partial charge on any atom is 0.231 e. The van der Waals surface area contributed by atoms with Gasteiger partial charge in [0.05, 0.1) is 13.7 Å². The fourth-order valence-corrected chi connectivity index (χ4v) is 3.06. The number of piperidine rings is 1. The number of carbonyl (C=O) groups is 1. The zero-order valence-electron chi connectivity index (χ0n) is 12.3. The second kappa shape index (κ2) is 7.77. The maximum atomic E-state index is 10.9. The van der Waals surface area contributed by atoms with Gasteiger partial charge in [0, 0.05) is 35.7 Å². The molecule has 0 bridgehead atoms. The minimum atomic E-state index is -0.250. The first-order chi connectivity index (χ1) is 10.1. The van der Waals surface area contributed by atoms with Gasteiger partial charge < -0.3 is 15.8 Å². The second-order valence-electron chi connectivity index (χ2n) is 5.35. The number of nitrogens with two attached hydrogens (primary N) is 1. The van der Waals surface area contributed by atoms with E-state index in [0.717, 1.165) is 48.3 Å². The summed E-state index contributed by atoms with van der Waals surface area (Å²) in [4.78, 5) is 13.0. The quantitative estimate of drug-likeness (QED) is 0.811.